The summed E-state index contributed by atoms with van der Waals surface area (Å²) in [5, 5.41) is 2.63. The summed E-state index contributed by atoms with van der Waals surface area (Å²) < 4.78 is 26.7. The van der Waals surface area contributed by atoms with E-state index >= 15 is 0 Å². The first-order valence-electron chi connectivity index (χ1n) is 10.2. The summed E-state index contributed by atoms with van der Waals surface area (Å²) >= 11 is 0. The number of ketones is 2. The van der Waals surface area contributed by atoms with Crippen LogP contribution in [0.25, 0.3) is 0 Å². The van der Waals surface area contributed by atoms with Gasteiger partial charge in [-0.25, -0.2) is 8.78 Å². The molecule has 3 aromatic rings. The molecule has 2 unspecified atom stereocenters. The van der Waals surface area contributed by atoms with Gasteiger partial charge in [0.15, 0.2) is 5.78 Å². The van der Waals surface area contributed by atoms with Crippen molar-refractivity contribution < 1.29 is 23.2 Å². The number of halogens is 2. The number of hydrogen-bond donors (Lipinski definition) is 1. The first-order valence-corrected chi connectivity index (χ1v) is 10.2. The lowest BCUT2D eigenvalue weighted by Gasteiger charge is -2.26. The van der Waals surface area contributed by atoms with E-state index in [-0.39, 0.29) is 5.56 Å². The summed E-state index contributed by atoms with van der Waals surface area (Å²) in [5.74, 6) is -5.48. The molecular formula is C26H23F2NO3. The van der Waals surface area contributed by atoms with Gasteiger partial charge in [0.05, 0.1) is 5.92 Å². The van der Waals surface area contributed by atoms with Crippen molar-refractivity contribution in [3.8, 4) is 0 Å². The van der Waals surface area contributed by atoms with Crippen LogP contribution in [-0.2, 0) is 9.59 Å². The van der Waals surface area contributed by atoms with Crippen molar-refractivity contribution in [3.05, 3.63) is 102 Å². The molecule has 3 aromatic carbocycles. The van der Waals surface area contributed by atoms with E-state index in [4.69, 9.17) is 0 Å². The van der Waals surface area contributed by atoms with Crippen LogP contribution in [0.2, 0.25) is 0 Å². The molecule has 4 nitrogen and oxygen atoms in total. The number of anilines is 1. The molecule has 6 heteroatoms. The smallest absolute Gasteiger partial charge is 0.236 e. The van der Waals surface area contributed by atoms with E-state index in [0.717, 1.165) is 12.1 Å². The standard InChI is InChI=1S/C26H23F2NO3/c1-16(2)24(30)23(26(32)29-21-14-12-20(28)13-15-21)22(17-6-4-3-5-7-17)25(31)18-8-10-19(27)11-9-18/h3-16,22-23H,1-2H3,(H,29,32). The first-order chi connectivity index (χ1) is 15.3. The average Bonchev–Trinajstić information content (AvgIpc) is 2.79. The van der Waals surface area contributed by atoms with Crippen molar-refractivity contribution in [2.75, 3.05) is 5.32 Å². The Bertz CT molecular complexity index is 1090. The maximum Gasteiger partial charge on any atom is 0.236 e. The number of rotatable bonds is 8. The van der Waals surface area contributed by atoms with Crippen LogP contribution in [0.15, 0.2) is 78.9 Å². The molecule has 0 aliphatic heterocycles. The van der Waals surface area contributed by atoms with Crippen molar-refractivity contribution in [3.63, 3.8) is 0 Å². The molecule has 0 saturated carbocycles. The van der Waals surface area contributed by atoms with Crippen LogP contribution >= 0.6 is 0 Å². The summed E-state index contributed by atoms with van der Waals surface area (Å²) in [6.45, 7) is 3.32. The Hall–Kier alpha value is -3.67. The quantitative estimate of drug-likeness (QED) is 0.380. The second-order valence-electron chi connectivity index (χ2n) is 7.79. The molecule has 0 bridgehead atoms. The number of carbonyl (C=O) groups is 3. The van der Waals surface area contributed by atoms with Crippen molar-refractivity contribution in [1.82, 2.24) is 0 Å². The molecule has 0 heterocycles. The highest BCUT2D eigenvalue weighted by Gasteiger charge is 2.41. The van der Waals surface area contributed by atoms with Gasteiger partial charge in [-0.05, 0) is 54.1 Å². The van der Waals surface area contributed by atoms with E-state index in [1.54, 1.807) is 44.2 Å². The Balaban J connectivity index is 2.07. The maximum atomic E-state index is 13.5. The third-order valence-electron chi connectivity index (χ3n) is 5.17. The van der Waals surface area contributed by atoms with E-state index in [0.29, 0.717) is 11.3 Å². The Kier molecular flexibility index (Phi) is 7.25. The highest BCUT2D eigenvalue weighted by molar-refractivity contribution is 6.14. The fourth-order valence-corrected chi connectivity index (χ4v) is 3.51. The van der Waals surface area contributed by atoms with Crippen LogP contribution < -0.4 is 5.32 Å². The Morgan fingerprint density at radius 2 is 1.28 bits per heavy atom. The van der Waals surface area contributed by atoms with Gasteiger partial charge < -0.3 is 5.32 Å². The largest absolute Gasteiger partial charge is 0.325 e. The van der Waals surface area contributed by atoms with E-state index < -0.39 is 46.9 Å². The van der Waals surface area contributed by atoms with Crippen LogP contribution in [0, 0.1) is 23.5 Å². The van der Waals surface area contributed by atoms with Gasteiger partial charge in [-0.3, -0.25) is 14.4 Å². The summed E-state index contributed by atoms with van der Waals surface area (Å²) in [6.07, 6.45) is 0. The van der Waals surface area contributed by atoms with Crippen LogP contribution in [0.5, 0.6) is 0 Å². The number of hydrogen-bond acceptors (Lipinski definition) is 3. The topological polar surface area (TPSA) is 63.2 Å². The summed E-state index contributed by atoms with van der Waals surface area (Å²) in [7, 11) is 0. The predicted octanol–water partition coefficient (Wildman–Crippen LogP) is 5.41. The number of amides is 1. The Morgan fingerprint density at radius 1 is 0.750 bits per heavy atom. The van der Waals surface area contributed by atoms with Crippen LogP contribution in [0.3, 0.4) is 0 Å². The second kappa shape index (κ2) is 10.1. The fourth-order valence-electron chi connectivity index (χ4n) is 3.51. The van der Waals surface area contributed by atoms with Gasteiger partial charge in [0, 0.05) is 17.2 Å². The zero-order valence-electron chi connectivity index (χ0n) is 17.7. The molecule has 0 saturated heterocycles. The molecule has 32 heavy (non-hydrogen) atoms. The zero-order chi connectivity index (χ0) is 23.3. The Labute approximate surface area is 185 Å². The number of carbonyl (C=O) groups excluding carboxylic acids is 3. The van der Waals surface area contributed by atoms with Crippen LogP contribution in [0.1, 0.15) is 35.7 Å². The number of nitrogens with one attached hydrogen (secondary N) is 1. The minimum atomic E-state index is -1.33. The van der Waals surface area contributed by atoms with Gasteiger partial charge in [-0.1, -0.05) is 44.2 Å². The SMILES string of the molecule is CC(C)C(=O)C(C(=O)Nc1ccc(F)cc1)C(C(=O)c1ccc(F)cc1)c1ccccc1. The monoisotopic (exact) mass is 435 g/mol. The van der Waals surface area contributed by atoms with E-state index in [2.05, 4.69) is 5.32 Å². The molecule has 1 amide bonds. The number of benzene rings is 3. The van der Waals surface area contributed by atoms with Crippen molar-refractivity contribution >= 4 is 23.2 Å². The van der Waals surface area contributed by atoms with Gasteiger partial charge in [0.1, 0.15) is 23.3 Å². The van der Waals surface area contributed by atoms with Crippen LogP contribution in [-0.4, -0.2) is 17.5 Å². The molecule has 1 N–H and O–H groups in total. The maximum absolute atomic E-state index is 13.5. The molecule has 164 valence electrons. The van der Waals surface area contributed by atoms with Gasteiger partial charge in [0.2, 0.25) is 5.91 Å². The lowest BCUT2D eigenvalue weighted by atomic mass is 9.75. The van der Waals surface area contributed by atoms with Gasteiger partial charge in [0.25, 0.3) is 0 Å². The molecule has 0 radical (unpaired) electrons. The van der Waals surface area contributed by atoms with Crippen molar-refractivity contribution in [2.45, 2.75) is 19.8 Å². The lowest BCUT2D eigenvalue weighted by molar-refractivity contribution is -0.133. The highest BCUT2D eigenvalue weighted by atomic mass is 19.1. The summed E-state index contributed by atoms with van der Waals surface area (Å²) in [6, 6.07) is 18.7. The zero-order valence-corrected chi connectivity index (χ0v) is 17.7. The van der Waals surface area contributed by atoms with Crippen molar-refractivity contribution in [1.29, 1.82) is 0 Å². The predicted molar refractivity (Wildman–Crippen MR) is 118 cm³/mol. The van der Waals surface area contributed by atoms with Gasteiger partial charge >= 0.3 is 0 Å². The summed E-state index contributed by atoms with van der Waals surface area (Å²) in [4.78, 5) is 40.0. The third-order valence-corrected chi connectivity index (χ3v) is 5.17. The molecular weight excluding hydrogens is 412 g/mol. The van der Waals surface area contributed by atoms with Gasteiger partial charge in [-0.2, -0.15) is 0 Å². The highest BCUT2D eigenvalue weighted by Crippen LogP contribution is 2.32. The molecule has 0 spiro atoms. The Morgan fingerprint density at radius 3 is 1.81 bits per heavy atom. The van der Waals surface area contributed by atoms with E-state index in [9.17, 15) is 23.2 Å². The van der Waals surface area contributed by atoms with E-state index in [1.165, 1.54) is 36.4 Å². The second-order valence-corrected chi connectivity index (χ2v) is 7.79. The normalized spacial score (nSPS) is 12.8. The molecule has 0 fully saturated rings. The van der Waals surface area contributed by atoms with Gasteiger partial charge in [-0.15, -0.1) is 0 Å². The fraction of sp³-hybridized carbons (Fsp3) is 0.192. The van der Waals surface area contributed by atoms with E-state index in [1.807, 2.05) is 0 Å². The number of Topliss-reactive ketones (excluding diaryl/α,β-unsaturated/α-hetero) is 2. The first kappa shape index (κ1) is 23.0. The van der Waals surface area contributed by atoms with Crippen LogP contribution in [0.4, 0.5) is 14.5 Å². The molecule has 2 atom stereocenters. The third kappa shape index (κ3) is 5.32. The molecule has 0 aliphatic carbocycles. The summed E-state index contributed by atoms with van der Waals surface area (Å²) in [5.41, 5.74) is 0.991. The average molecular weight is 435 g/mol. The lowest BCUT2D eigenvalue weighted by Crippen LogP contribution is -2.40. The molecule has 0 aromatic heterocycles. The minimum Gasteiger partial charge on any atom is -0.325 e. The van der Waals surface area contributed by atoms with Crippen molar-refractivity contribution in [2.24, 2.45) is 11.8 Å². The molecule has 3 rings (SSSR count). The minimum absolute atomic E-state index is 0.191. The molecule has 0 aliphatic rings.